The summed E-state index contributed by atoms with van der Waals surface area (Å²) in [4.78, 5) is 56.5. The molecule has 0 amide bonds. The number of aromatic nitrogens is 2. The standard InChI is InChI=1S/C26H29FN2O11/c1-13(2)35-24(33)21-19(36-14(3)30)20(37-15(4)31)22(38-16(5)32)25(39-21)40-23-18(27)11-28-26(29-23)34-12-17-9-7-6-8-10-17/h6-11,13,19-22,25H,12H2,1-5H3/t19-,20-,21-,22+,25-/m0/s1. The lowest BCUT2D eigenvalue weighted by Crippen LogP contribution is -2.64. The maximum absolute atomic E-state index is 14.7. The van der Waals surface area contributed by atoms with Crippen LogP contribution in [0.4, 0.5) is 4.39 Å². The van der Waals surface area contributed by atoms with E-state index in [0.717, 1.165) is 32.5 Å². The first-order chi connectivity index (χ1) is 18.9. The van der Waals surface area contributed by atoms with Gasteiger partial charge in [0.25, 0.3) is 5.88 Å². The van der Waals surface area contributed by atoms with Crippen LogP contribution < -0.4 is 9.47 Å². The fraction of sp³-hybridized carbons (Fsp3) is 0.462. The molecule has 13 nitrogen and oxygen atoms in total. The Morgan fingerprint density at radius 2 is 1.52 bits per heavy atom. The molecule has 0 radical (unpaired) electrons. The van der Waals surface area contributed by atoms with Crippen LogP contribution in [-0.2, 0) is 49.5 Å². The van der Waals surface area contributed by atoms with Crippen LogP contribution in [0.2, 0.25) is 0 Å². The van der Waals surface area contributed by atoms with Gasteiger partial charge >= 0.3 is 29.9 Å². The number of carbonyl (C=O) groups excluding carboxylic acids is 4. The van der Waals surface area contributed by atoms with Gasteiger partial charge in [-0.05, 0) is 19.4 Å². The molecule has 0 spiro atoms. The third-order valence-corrected chi connectivity index (χ3v) is 5.11. The fourth-order valence-electron chi connectivity index (χ4n) is 3.68. The van der Waals surface area contributed by atoms with E-state index < -0.39 is 72.4 Å². The summed E-state index contributed by atoms with van der Waals surface area (Å²) in [5.41, 5.74) is 0.788. The molecule has 14 heteroatoms. The molecule has 0 saturated carbocycles. The molecule has 40 heavy (non-hydrogen) atoms. The summed E-state index contributed by atoms with van der Waals surface area (Å²) >= 11 is 0. The van der Waals surface area contributed by atoms with E-state index in [1.165, 1.54) is 0 Å². The molecular formula is C26H29FN2O11. The first-order valence-electron chi connectivity index (χ1n) is 12.2. The van der Waals surface area contributed by atoms with Crippen LogP contribution in [0, 0.1) is 5.82 Å². The maximum atomic E-state index is 14.7. The van der Waals surface area contributed by atoms with Crippen molar-refractivity contribution >= 4 is 23.9 Å². The Morgan fingerprint density at radius 1 is 0.925 bits per heavy atom. The quantitative estimate of drug-likeness (QED) is 0.305. The van der Waals surface area contributed by atoms with Crippen molar-refractivity contribution in [2.75, 3.05) is 0 Å². The lowest BCUT2D eigenvalue weighted by Gasteiger charge is -2.43. The van der Waals surface area contributed by atoms with Crippen molar-refractivity contribution in [3.05, 3.63) is 47.9 Å². The molecule has 1 saturated heterocycles. The Hall–Kier alpha value is -4.33. The van der Waals surface area contributed by atoms with Gasteiger partial charge in [-0.2, -0.15) is 9.37 Å². The van der Waals surface area contributed by atoms with E-state index in [1.807, 2.05) is 6.07 Å². The summed E-state index contributed by atoms with van der Waals surface area (Å²) in [6, 6.07) is 8.77. The van der Waals surface area contributed by atoms with Gasteiger partial charge in [-0.25, -0.2) is 9.78 Å². The lowest BCUT2D eigenvalue weighted by molar-refractivity contribution is -0.284. The number of hydrogen-bond acceptors (Lipinski definition) is 13. The van der Waals surface area contributed by atoms with E-state index >= 15 is 0 Å². The number of halogens is 1. The van der Waals surface area contributed by atoms with Crippen molar-refractivity contribution in [2.24, 2.45) is 0 Å². The van der Waals surface area contributed by atoms with Gasteiger partial charge in [0.1, 0.15) is 6.61 Å². The molecule has 1 aliphatic heterocycles. The van der Waals surface area contributed by atoms with Crippen LogP contribution in [0.25, 0.3) is 0 Å². The third-order valence-electron chi connectivity index (χ3n) is 5.11. The van der Waals surface area contributed by atoms with E-state index in [0.29, 0.717) is 0 Å². The highest BCUT2D eigenvalue weighted by Gasteiger charge is 2.56. The summed E-state index contributed by atoms with van der Waals surface area (Å²) in [6.45, 7) is 6.32. The third kappa shape index (κ3) is 8.33. The second kappa shape index (κ2) is 13.6. The number of rotatable bonds is 10. The normalized spacial score (nSPS) is 22.1. The van der Waals surface area contributed by atoms with Crippen molar-refractivity contribution in [3.8, 4) is 11.9 Å². The molecule has 3 rings (SSSR count). The number of esters is 4. The molecule has 2 heterocycles. The number of hydrogen-bond donors (Lipinski definition) is 0. The van der Waals surface area contributed by atoms with Gasteiger partial charge in [-0.15, -0.1) is 0 Å². The maximum Gasteiger partial charge on any atom is 0.339 e. The Bertz CT molecular complexity index is 1210. The Kier molecular flexibility index (Phi) is 10.3. The average molecular weight is 565 g/mol. The molecule has 5 atom stereocenters. The molecule has 1 aromatic heterocycles. The van der Waals surface area contributed by atoms with Crippen LogP contribution in [0.1, 0.15) is 40.2 Å². The molecule has 0 unspecified atom stereocenters. The molecule has 1 aliphatic rings. The number of carbonyl (C=O) groups is 4. The minimum Gasteiger partial charge on any atom is -0.461 e. The highest BCUT2D eigenvalue weighted by Crippen LogP contribution is 2.32. The number of benzene rings is 1. The molecule has 1 fully saturated rings. The molecule has 216 valence electrons. The summed E-state index contributed by atoms with van der Waals surface area (Å²) < 4.78 is 52.6. The summed E-state index contributed by atoms with van der Waals surface area (Å²) in [5.74, 6) is -5.37. The second-order valence-corrected chi connectivity index (χ2v) is 8.83. The van der Waals surface area contributed by atoms with Crippen molar-refractivity contribution in [1.82, 2.24) is 9.97 Å². The predicted octanol–water partition coefficient (Wildman–Crippen LogP) is 2.05. The highest BCUT2D eigenvalue weighted by molar-refractivity contribution is 5.77. The first kappa shape index (κ1) is 30.2. The molecule has 2 aromatic rings. The predicted molar refractivity (Wildman–Crippen MR) is 130 cm³/mol. The summed E-state index contributed by atoms with van der Waals surface area (Å²) in [7, 11) is 0. The van der Waals surface area contributed by atoms with Crippen molar-refractivity contribution in [2.45, 2.75) is 78.0 Å². The SMILES string of the molecule is CC(=O)O[C@@H]1[C@@H](OC(C)=O)[C@H](Oc2nc(OCc3ccccc3)ncc2F)O[C@H](C(=O)OC(C)C)[C@H]1OC(C)=O. The molecular weight excluding hydrogens is 535 g/mol. The van der Waals surface area contributed by atoms with Gasteiger partial charge in [-0.3, -0.25) is 14.4 Å². The van der Waals surface area contributed by atoms with Crippen molar-refractivity contribution in [1.29, 1.82) is 0 Å². The van der Waals surface area contributed by atoms with Gasteiger partial charge in [0.2, 0.25) is 18.2 Å². The zero-order valence-corrected chi connectivity index (χ0v) is 22.4. The van der Waals surface area contributed by atoms with E-state index in [2.05, 4.69) is 9.97 Å². The van der Waals surface area contributed by atoms with E-state index in [-0.39, 0.29) is 12.6 Å². The van der Waals surface area contributed by atoms with Crippen LogP contribution in [0.3, 0.4) is 0 Å². The second-order valence-electron chi connectivity index (χ2n) is 8.83. The largest absolute Gasteiger partial charge is 0.461 e. The van der Waals surface area contributed by atoms with Crippen molar-refractivity contribution < 1.29 is 56.7 Å². The van der Waals surface area contributed by atoms with Crippen LogP contribution >= 0.6 is 0 Å². The number of ether oxygens (including phenoxy) is 7. The number of nitrogens with zero attached hydrogens (tertiary/aromatic N) is 2. The molecule has 0 aliphatic carbocycles. The van der Waals surface area contributed by atoms with Gasteiger partial charge in [0, 0.05) is 20.8 Å². The molecule has 0 bridgehead atoms. The van der Waals surface area contributed by atoms with Gasteiger partial charge < -0.3 is 33.2 Å². The smallest absolute Gasteiger partial charge is 0.339 e. The first-order valence-corrected chi connectivity index (χ1v) is 12.2. The topological polar surface area (TPSA) is 159 Å². The zero-order valence-electron chi connectivity index (χ0n) is 22.4. The zero-order chi connectivity index (χ0) is 29.4. The van der Waals surface area contributed by atoms with Crippen LogP contribution in [0.5, 0.6) is 11.9 Å². The van der Waals surface area contributed by atoms with Gasteiger partial charge in [0.05, 0.1) is 12.3 Å². The van der Waals surface area contributed by atoms with Gasteiger partial charge in [0.15, 0.2) is 18.3 Å². The lowest BCUT2D eigenvalue weighted by atomic mass is 9.97. The fourth-order valence-corrected chi connectivity index (χ4v) is 3.68. The van der Waals surface area contributed by atoms with E-state index in [9.17, 15) is 23.6 Å². The van der Waals surface area contributed by atoms with Crippen molar-refractivity contribution in [3.63, 3.8) is 0 Å². The minimum atomic E-state index is -1.80. The van der Waals surface area contributed by atoms with Gasteiger partial charge in [-0.1, -0.05) is 30.3 Å². The highest BCUT2D eigenvalue weighted by atomic mass is 19.1. The monoisotopic (exact) mass is 564 g/mol. The summed E-state index contributed by atoms with van der Waals surface area (Å²) in [5, 5.41) is 0. The summed E-state index contributed by atoms with van der Waals surface area (Å²) in [6.07, 6.45) is -8.24. The van der Waals surface area contributed by atoms with Crippen LogP contribution in [0.15, 0.2) is 36.5 Å². The molecule has 1 aromatic carbocycles. The molecule has 0 N–H and O–H groups in total. The minimum absolute atomic E-state index is 0.0591. The average Bonchev–Trinajstić information content (AvgIpc) is 2.87. The van der Waals surface area contributed by atoms with E-state index in [1.54, 1.807) is 38.1 Å². The Balaban J connectivity index is 1.97. The van der Waals surface area contributed by atoms with E-state index in [4.69, 9.17) is 33.2 Å². The van der Waals surface area contributed by atoms with Crippen LogP contribution in [-0.4, -0.2) is 70.7 Å². The Labute approximate surface area is 228 Å². The Morgan fingerprint density at radius 3 is 2.12 bits per heavy atom.